The summed E-state index contributed by atoms with van der Waals surface area (Å²) in [5.41, 5.74) is 0. The van der Waals surface area contributed by atoms with Gasteiger partial charge in [0.1, 0.15) is 0 Å². The van der Waals surface area contributed by atoms with Crippen LogP contribution >= 0.6 is 31.9 Å². The molecule has 0 radical (unpaired) electrons. The monoisotopic (exact) mass is 281 g/mol. The van der Waals surface area contributed by atoms with Gasteiger partial charge in [0.05, 0.1) is 0 Å². The van der Waals surface area contributed by atoms with Gasteiger partial charge in [0.15, 0.2) is 0 Å². The number of aromatic nitrogens is 3. The van der Waals surface area contributed by atoms with Gasteiger partial charge in [0.25, 0.3) is 0 Å². The second-order valence-electron chi connectivity index (χ2n) is 2.37. The quantitative estimate of drug-likeness (QED) is 0.835. The summed E-state index contributed by atoms with van der Waals surface area (Å²) in [6, 6.07) is 0.425. The molecule has 0 saturated heterocycles. The van der Waals surface area contributed by atoms with Crippen LogP contribution in [-0.4, -0.2) is 14.8 Å². The predicted octanol–water partition coefficient (Wildman–Crippen LogP) is 2.77. The third-order valence-electron chi connectivity index (χ3n) is 1.64. The van der Waals surface area contributed by atoms with Crippen molar-refractivity contribution in [1.82, 2.24) is 14.8 Å². The van der Waals surface area contributed by atoms with E-state index in [1.165, 1.54) is 0 Å². The van der Waals surface area contributed by atoms with Crippen molar-refractivity contribution in [1.29, 1.82) is 0 Å². The van der Waals surface area contributed by atoms with Crippen molar-refractivity contribution in [2.45, 2.75) is 26.3 Å². The van der Waals surface area contributed by atoms with Crippen LogP contribution in [0.15, 0.2) is 9.47 Å². The fraction of sp³-hybridized carbons (Fsp3) is 0.667. The van der Waals surface area contributed by atoms with Crippen molar-refractivity contribution in [2.24, 2.45) is 0 Å². The minimum atomic E-state index is 0.425. The summed E-state index contributed by atoms with van der Waals surface area (Å²) in [5, 5.41) is 7.74. The molecular formula is C6H9Br2N3. The molecule has 0 fully saturated rings. The molecule has 11 heavy (non-hydrogen) atoms. The summed E-state index contributed by atoms with van der Waals surface area (Å²) in [4.78, 5) is 0. The van der Waals surface area contributed by atoms with Crippen LogP contribution in [-0.2, 0) is 0 Å². The second-order valence-corrected chi connectivity index (χ2v) is 3.78. The van der Waals surface area contributed by atoms with Crippen LogP contribution in [0.1, 0.15) is 26.3 Å². The molecule has 0 amide bonds. The molecule has 0 aromatic carbocycles. The largest absolute Gasteiger partial charge is 0.293 e. The van der Waals surface area contributed by atoms with E-state index in [1.807, 2.05) is 4.57 Å². The Labute approximate surface area is 82.5 Å². The first-order valence-electron chi connectivity index (χ1n) is 3.42. The molecule has 0 spiro atoms. The third kappa shape index (κ3) is 1.82. The highest BCUT2D eigenvalue weighted by Crippen LogP contribution is 2.21. The molecule has 0 aliphatic rings. The number of hydrogen-bond donors (Lipinski definition) is 0. The van der Waals surface area contributed by atoms with E-state index in [0.717, 1.165) is 15.9 Å². The highest BCUT2D eigenvalue weighted by molar-refractivity contribution is 9.11. The predicted molar refractivity (Wildman–Crippen MR) is 50.4 cm³/mol. The van der Waals surface area contributed by atoms with Crippen LogP contribution in [0.4, 0.5) is 0 Å². The molecule has 0 N–H and O–H groups in total. The average Bonchev–Trinajstić information content (AvgIpc) is 2.30. The normalized spacial score (nSPS) is 13.5. The first kappa shape index (κ1) is 9.19. The Hall–Kier alpha value is 0.1000. The van der Waals surface area contributed by atoms with Gasteiger partial charge in [-0.25, -0.2) is 0 Å². The van der Waals surface area contributed by atoms with Crippen LogP contribution in [0.5, 0.6) is 0 Å². The molecule has 62 valence electrons. The first-order chi connectivity index (χ1) is 5.16. The van der Waals surface area contributed by atoms with Gasteiger partial charge < -0.3 is 0 Å². The van der Waals surface area contributed by atoms with Gasteiger partial charge in [-0.3, -0.25) is 4.57 Å². The second kappa shape index (κ2) is 3.67. The van der Waals surface area contributed by atoms with E-state index in [9.17, 15) is 0 Å². The first-order valence-corrected chi connectivity index (χ1v) is 5.01. The van der Waals surface area contributed by atoms with Gasteiger partial charge >= 0.3 is 0 Å². The highest BCUT2D eigenvalue weighted by Gasteiger charge is 2.11. The van der Waals surface area contributed by atoms with Crippen molar-refractivity contribution in [3.05, 3.63) is 9.47 Å². The van der Waals surface area contributed by atoms with Crippen LogP contribution in [0.25, 0.3) is 0 Å². The lowest BCUT2D eigenvalue weighted by molar-refractivity contribution is 0.510. The Balaban J connectivity index is 3.00. The summed E-state index contributed by atoms with van der Waals surface area (Å²) in [7, 11) is 0. The molecule has 0 aliphatic carbocycles. The summed E-state index contributed by atoms with van der Waals surface area (Å²) >= 11 is 6.64. The molecule has 1 unspecified atom stereocenters. The Kier molecular flexibility index (Phi) is 3.06. The van der Waals surface area contributed by atoms with Gasteiger partial charge in [-0.05, 0) is 45.2 Å². The van der Waals surface area contributed by atoms with Crippen LogP contribution in [0.2, 0.25) is 0 Å². The summed E-state index contributed by atoms with van der Waals surface area (Å²) < 4.78 is 3.55. The van der Waals surface area contributed by atoms with Crippen molar-refractivity contribution >= 4 is 31.9 Å². The van der Waals surface area contributed by atoms with E-state index in [0.29, 0.717) is 6.04 Å². The summed E-state index contributed by atoms with van der Waals surface area (Å²) in [6.07, 6.45) is 1.06. The topological polar surface area (TPSA) is 30.7 Å². The van der Waals surface area contributed by atoms with Crippen molar-refractivity contribution in [3.63, 3.8) is 0 Å². The molecule has 3 nitrogen and oxygen atoms in total. The zero-order valence-electron chi connectivity index (χ0n) is 6.38. The van der Waals surface area contributed by atoms with E-state index in [-0.39, 0.29) is 0 Å². The molecule has 1 aromatic rings. The Morgan fingerprint density at radius 2 is 1.82 bits per heavy atom. The van der Waals surface area contributed by atoms with Gasteiger partial charge in [-0.15, -0.1) is 10.2 Å². The lowest BCUT2D eigenvalue weighted by Gasteiger charge is -2.11. The molecule has 0 saturated carbocycles. The lowest BCUT2D eigenvalue weighted by atomic mass is 10.3. The zero-order chi connectivity index (χ0) is 8.43. The van der Waals surface area contributed by atoms with Gasteiger partial charge in [-0.1, -0.05) is 6.92 Å². The van der Waals surface area contributed by atoms with Crippen molar-refractivity contribution < 1.29 is 0 Å². The summed E-state index contributed by atoms with van der Waals surface area (Å²) in [5.74, 6) is 0. The van der Waals surface area contributed by atoms with Crippen LogP contribution < -0.4 is 0 Å². The summed E-state index contributed by atoms with van der Waals surface area (Å²) in [6.45, 7) is 4.25. The molecule has 1 heterocycles. The Morgan fingerprint density at radius 1 is 1.36 bits per heavy atom. The zero-order valence-corrected chi connectivity index (χ0v) is 9.55. The highest BCUT2D eigenvalue weighted by atomic mass is 79.9. The molecule has 0 bridgehead atoms. The SMILES string of the molecule is CCC(C)n1c(Br)nnc1Br. The van der Waals surface area contributed by atoms with E-state index in [4.69, 9.17) is 0 Å². The maximum absolute atomic E-state index is 3.87. The molecule has 1 rings (SSSR count). The maximum Gasteiger partial charge on any atom is 0.201 e. The minimum absolute atomic E-state index is 0.425. The molecule has 1 aromatic heterocycles. The van der Waals surface area contributed by atoms with Crippen LogP contribution in [0.3, 0.4) is 0 Å². The van der Waals surface area contributed by atoms with Crippen molar-refractivity contribution in [3.8, 4) is 0 Å². The maximum atomic E-state index is 3.87. The molecule has 5 heteroatoms. The third-order valence-corrected chi connectivity index (χ3v) is 2.73. The number of halogens is 2. The van der Waals surface area contributed by atoms with E-state index in [1.54, 1.807) is 0 Å². The lowest BCUT2D eigenvalue weighted by Crippen LogP contribution is -2.04. The van der Waals surface area contributed by atoms with E-state index < -0.39 is 0 Å². The smallest absolute Gasteiger partial charge is 0.201 e. The van der Waals surface area contributed by atoms with E-state index in [2.05, 4.69) is 55.9 Å². The number of nitrogens with zero attached hydrogens (tertiary/aromatic N) is 3. The molecular weight excluding hydrogens is 274 g/mol. The van der Waals surface area contributed by atoms with Gasteiger partial charge in [0.2, 0.25) is 9.47 Å². The average molecular weight is 283 g/mol. The van der Waals surface area contributed by atoms with Crippen LogP contribution in [0, 0.1) is 0 Å². The fourth-order valence-corrected chi connectivity index (χ4v) is 2.23. The standard InChI is InChI=1S/C6H9Br2N3/c1-3-4(2)11-5(7)9-10-6(11)8/h4H,3H2,1-2H3. The molecule has 1 atom stereocenters. The Bertz CT molecular complexity index is 226. The van der Waals surface area contributed by atoms with Gasteiger partial charge in [0, 0.05) is 6.04 Å². The Morgan fingerprint density at radius 3 is 2.18 bits per heavy atom. The van der Waals surface area contributed by atoms with E-state index >= 15 is 0 Å². The fourth-order valence-electron chi connectivity index (χ4n) is 0.801. The minimum Gasteiger partial charge on any atom is -0.293 e. The molecule has 0 aliphatic heterocycles. The van der Waals surface area contributed by atoms with Gasteiger partial charge in [-0.2, -0.15) is 0 Å². The number of rotatable bonds is 2. The number of hydrogen-bond acceptors (Lipinski definition) is 2. The van der Waals surface area contributed by atoms with Crippen molar-refractivity contribution in [2.75, 3.05) is 0 Å².